The van der Waals surface area contributed by atoms with Crippen LogP contribution in [0.5, 0.6) is 5.75 Å². The van der Waals surface area contributed by atoms with Crippen molar-refractivity contribution in [3.8, 4) is 5.75 Å². The highest BCUT2D eigenvalue weighted by Crippen LogP contribution is 2.27. The van der Waals surface area contributed by atoms with Gasteiger partial charge in [0.25, 0.3) is 5.56 Å². The van der Waals surface area contributed by atoms with Crippen molar-refractivity contribution in [2.45, 2.75) is 5.16 Å². The minimum absolute atomic E-state index is 0.0389. The van der Waals surface area contributed by atoms with Crippen molar-refractivity contribution >= 4 is 40.9 Å². The number of nitrogens with zero attached hydrogens (tertiary/aromatic N) is 2. The van der Waals surface area contributed by atoms with Gasteiger partial charge >= 0.3 is 0 Å². The summed E-state index contributed by atoms with van der Waals surface area (Å²) in [6.45, 7) is -0.145. The van der Waals surface area contributed by atoms with Gasteiger partial charge in [0, 0.05) is 24.3 Å². The Hall–Kier alpha value is -2.52. The number of H-pyrrole nitrogens is 1. The highest BCUT2D eigenvalue weighted by Gasteiger charge is 2.15. The number of halogens is 1. The van der Waals surface area contributed by atoms with E-state index in [4.69, 9.17) is 16.3 Å². The van der Waals surface area contributed by atoms with Crippen LogP contribution < -0.4 is 15.6 Å². The molecule has 2 aromatic rings. The first kappa shape index (κ1) is 19.8. The minimum atomic E-state index is -0.391. The van der Waals surface area contributed by atoms with Gasteiger partial charge in [-0.25, -0.2) is 4.98 Å². The topological polar surface area (TPSA) is 104 Å². The molecule has 26 heavy (non-hydrogen) atoms. The van der Waals surface area contributed by atoms with Gasteiger partial charge in [-0.15, -0.1) is 0 Å². The molecule has 2 amide bonds. The largest absolute Gasteiger partial charge is 0.495 e. The van der Waals surface area contributed by atoms with E-state index in [-0.39, 0.29) is 23.8 Å². The van der Waals surface area contributed by atoms with Gasteiger partial charge in [0.15, 0.2) is 5.16 Å². The maximum absolute atomic E-state index is 12.2. The second-order valence-electron chi connectivity index (χ2n) is 5.17. The lowest BCUT2D eigenvalue weighted by molar-refractivity contribution is -0.131. The number of amides is 2. The molecule has 0 aliphatic carbocycles. The van der Waals surface area contributed by atoms with Crippen LogP contribution in [0.25, 0.3) is 0 Å². The zero-order valence-corrected chi connectivity index (χ0v) is 15.7. The third-order valence-corrected chi connectivity index (χ3v) is 4.33. The van der Waals surface area contributed by atoms with Crippen LogP contribution in [-0.2, 0) is 9.59 Å². The van der Waals surface area contributed by atoms with E-state index in [2.05, 4.69) is 15.3 Å². The predicted molar refractivity (Wildman–Crippen MR) is 99.9 cm³/mol. The third-order valence-electron chi connectivity index (χ3n) is 3.22. The van der Waals surface area contributed by atoms with Crippen molar-refractivity contribution in [2.75, 3.05) is 31.8 Å². The van der Waals surface area contributed by atoms with E-state index in [0.29, 0.717) is 21.6 Å². The molecule has 10 heteroatoms. The van der Waals surface area contributed by atoms with Crippen LogP contribution in [0.3, 0.4) is 0 Å². The van der Waals surface area contributed by atoms with Crippen molar-refractivity contribution < 1.29 is 14.3 Å². The Kier molecular flexibility index (Phi) is 7.05. The molecule has 0 bridgehead atoms. The molecule has 0 saturated heterocycles. The fraction of sp³-hybridized carbons (Fsp3) is 0.250. The lowest BCUT2D eigenvalue weighted by Gasteiger charge is -2.17. The lowest BCUT2D eigenvalue weighted by Crippen LogP contribution is -2.36. The van der Waals surface area contributed by atoms with Crippen LogP contribution >= 0.6 is 23.4 Å². The number of carbonyl (C=O) groups excluding carboxylic acids is 2. The monoisotopic (exact) mass is 396 g/mol. The number of methoxy groups -OCH3 is 1. The van der Waals surface area contributed by atoms with Crippen molar-refractivity contribution in [3.05, 3.63) is 45.8 Å². The van der Waals surface area contributed by atoms with Gasteiger partial charge in [-0.1, -0.05) is 23.4 Å². The summed E-state index contributed by atoms with van der Waals surface area (Å²) >= 11 is 7.00. The normalized spacial score (nSPS) is 10.3. The highest BCUT2D eigenvalue weighted by molar-refractivity contribution is 7.99. The number of hydrogen-bond donors (Lipinski definition) is 2. The van der Waals surface area contributed by atoms with Crippen LogP contribution in [-0.4, -0.2) is 53.1 Å². The summed E-state index contributed by atoms with van der Waals surface area (Å²) in [7, 11) is 2.99. The maximum atomic E-state index is 12.2. The van der Waals surface area contributed by atoms with Crippen LogP contribution in [0.1, 0.15) is 0 Å². The number of anilines is 1. The van der Waals surface area contributed by atoms with Gasteiger partial charge in [-0.2, -0.15) is 0 Å². The summed E-state index contributed by atoms with van der Waals surface area (Å²) in [5.74, 6) is -0.171. The smallest absolute Gasteiger partial charge is 0.251 e. The predicted octanol–water partition coefficient (Wildman–Crippen LogP) is 1.62. The summed E-state index contributed by atoms with van der Waals surface area (Å²) in [4.78, 5) is 43.2. The standard InChI is InChI=1S/C16H17ClN4O4S/c1-21(15(24)9-26-16-18-6-5-13(22)20-16)8-14(23)19-11-7-10(17)3-4-12(11)25-2/h3-7H,8-9H2,1-2H3,(H,19,23)(H,18,20,22). The van der Waals surface area contributed by atoms with Crippen molar-refractivity contribution in [1.29, 1.82) is 0 Å². The molecule has 138 valence electrons. The molecule has 0 aliphatic rings. The number of hydrogen-bond acceptors (Lipinski definition) is 6. The Balaban J connectivity index is 1.89. The summed E-state index contributed by atoms with van der Waals surface area (Å²) in [6, 6.07) is 6.13. The van der Waals surface area contributed by atoms with Gasteiger partial charge in [0.1, 0.15) is 5.75 Å². The average Bonchev–Trinajstić information content (AvgIpc) is 2.59. The fourth-order valence-corrected chi connectivity index (χ4v) is 2.90. The second-order valence-corrected chi connectivity index (χ2v) is 6.57. The van der Waals surface area contributed by atoms with Crippen LogP contribution in [0.2, 0.25) is 5.02 Å². The molecule has 0 fully saturated rings. The molecule has 0 aliphatic heterocycles. The molecule has 0 unspecified atom stereocenters. The zero-order valence-electron chi connectivity index (χ0n) is 14.1. The third kappa shape index (κ3) is 5.78. The molecule has 0 radical (unpaired) electrons. The summed E-state index contributed by atoms with van der Waals surface area (Å²) in [5.41, 5.74) is 0.129. The van der Waals surface area contributed by atoms with E-state index >= 15 is 0 Å². The van der Waals surface area contributed by atoms with Crippen molar-refractivity contribution in [2.24, 2.45) is 0 Å². The van der Waals surface area contributed by atoms with Crippen molar-refractivity contribution in [1.82, 2.24) is 14.9 Å². The van der Waals surface area contributed by atoms with Gasteiger partial charge in [0.05, 0.1) is 25.1 Å². The molecule has 2 rings (SSSR count). The first-order chi connectivity index (χ1) is 12.4. The Morgan fingerprint density at radius 3 is 2.85 bits per heavy atom. The quantitative estimate of drug-likeness (QED) is 0.544. The van der Waals surface area contributed by atoms with E-state index in [1.54, 1.807) is 18.2 Å². The van der Waals surface area contributed by atoms with E-state index in [1.807, 2.05) is 0 Å². The van der Waals surface area contributed by atoms with Gasteiger partial charge in [-0.05, 0) is 18.2 Å². The molecule has 2 N–H and O–H groups in total. The first-order valence-corrected chi connectivity index (χ1v) is 8.81. The fourth-order valence-electron chi connectivity index (χ4n) is 1.94. The second kappa shape index (κ2) is 9.25. The number of likely N-dealkylation sites (N-methyl/N-ethyl adjacent to an activating group) is 1. The number of nitrogens with one attached hydrogen (secondary N) is 2. The van der Waals surface area contributed by atoms with Gasteiger partial charge < -0.3 is 19.9 Å². The van der Waals surface area contributed by atoms with Gasteiger partial charge in [-0.3, -0.25) is 14.4 Å². The average molecular weight is 397 g/mol. The summed E-state index contributed by atoms with van der Waals surface area (Å²) < 4.78 is 5.16. The molecule has 0 atom stereocenters. The minimum Gasteiger partial charge on any atom is -0.495 e. The van der Waals surface area contributed by atoms with E-state index < -0.39 is 5.91 Å². The Morgan fingerprint density at radius 1 is 1.38 bits per heavy atom. The molecular weight excluding hydrogens is 380 g/mol. The Morgan fingerprint density at radius 2 is 2.15 bits per heavy atom. The molecule has 1 aromatic heterocycles. The summed E-state index contributed by atoms with van der Waals surface area (Å²) in [5, 5.41) is 3.45. The molecular formula is C16H17ClN4O4S. The SMILES string of the molecule is COc1ccc(Cl)cc1NC(=O)CN(C)C(=O)CSc1nccc(=O)[nH]1. The lowest BCUT2D eigenvalue weighted by atomic mass is 10.3. The van der Waals surface area contributed by atoms with Crippen LogP contribution in [0.4, 0.5) is 5.69 Å². The van der Waals surface area contributed by atoms with Crippen LogP contribution in [0, 0.1) is 0 Å². The van der Waals surface area contributed by atoms with Crippen molar-refractivity contribution in [3.63, 3.8) is 0 Å². The first-order valence-electron chi connectivity index (χ1n) is 7.44. The number of thioether (sulfide) groups is 1. The number of aromatic nitrogens is 2. The molecule has 0 saturated carbocycles. The number of ether oxygens (including phenoxy) is 1. The Bertz CT molecular complexity index is 858. The molecule has 0 spiro atoms. The number of rotatable bonds is 7. The van der Waals surface area contributed by atoms with E-state index in [9.17, 15) is 14.4 Å². The summed E-state index contributed by atoms with van der Waals surface area (Å²) in [6.07, 6.45) is 1.36. The van der Waals surface area contributed by atoms with Crippen LogP contribution in [0.15, 0.2) is 40.4 Å². The highest BCUT2D eigenvalue weighted by atomic mass is 35.5. The Labute approximate surface area is 158 Å². The van der Waals surface area contributed by atoms with Gasteiger partial charge in [0.2, 0.25) is 11.8 Å². The number of carbonyl (C=O) groups is 2. The van der Waals surface area contributed by atoms with E-state index in [0.717, 1.165) is 11.8 Å². The zero-order chi connectivity index (χ0) is 19.1. The molecule has 1 heterocycles. The number of aromatic amines is 1. The number of benzene rings is 1. The molecule has 8 nitrogen and oxygen atoms in total. The maximum Gasteiger partial charge on any atom is 0.251 e. The van der Waals surface area contributed by atoms with E-state index in [1.165, 1.54) is 31.3 Å². The molecule has 1 aromatic carbocycles.